The molecule has 0 aliphatic rings. The molecule has 0 fully saturated rings. The Hall–Kier alpha value is -1.74. The number of nitrogens with one attached hydrogen (secondary N) is 1. The third-order valence-electron chi connectivity index (χ3n) is 2.26. The van der Waals surface area contributed by atoms with E-state index in [-0.39, 0.29) is 26.9 Å². The number of nitrogens with two attached hydrogens (primary N) is 1. The van der Waals surface area contributed by atoms with Gasteiger partial charge in [0.15, 0.2) is 11.0 Å². The third-order valence-corrected chi connectivity index (χ3v) is 3.18. The van der Waals surface area contributed by atoms with Gasteiger partial charge in [0, 0.05) is 5.69 Å². The van der Waals surface area contributed by atoms with Crippen molar-refractivity contribution < 1.29 is 17.9 Å². The first-order chi connectivity index (χ1) is 9.76. The van der Waals surface area contributed by atoms with E-state index in [2.05, 4.69) is 36.0 Å². The standard InChI is InChI=1S/C11H7BrClF3N4O/c12-6-3-5(1-2-7(6)21-11(14,15)16)20-10-8(17)9(13)18-4-19-10/h1-4H,17H2,(H,18,19,20). The average Bonchev–Trinajstić information content (AvgIpc) is 2.37. The average molecular weight is 384 g/mol. The monoisotopic (exact) mass is 382 g/mol. The van der Waals surface area contributed by atoms with Gasteiger partial charge in [-0.2, -0.15) is 0 Å². The molecule has 0 bridgehead atoms. The predicted octanol–water partition coefficient (Wildman–Crippen LogP) is 4.12. The van der Waals surface area contributed by atoms with E-state index in [9.17, 15) is 13.2 Å². The number of alkyl halides is 3. The second-order valence-corrected chi connectivity index (χ2v) is 4.96. The van der Waals surface area contributed by atoms with Gasteiger partial charge in [0.05, 0.1) is 4.47 Å². The molecule has 0 aliphatic carbocycles. The van der Waals surface area contributed by atoms with Crippen LogP contribution >= 0.6 is 27.5 Å². The molecular formula is C11H7BrClF3N4O. The van der Waals surface area contributed by atoms with E-state index in [0.29, 0.717) is 5.69 Å². The Morgan fingerprint density at radius 3 is 2.62 bits per heavy atom. The van der Waals surface area contributed by atoms with Crippen molar-refractivity contribution in [1.29, 1.82) is 0 Å². The zero-order valence-electron chi connectivity index (χ0n) is 10.1. The molecule has 2 aromatic rings. The van der Waals surface area contributed by atoms with Gasteiger partial charge in [-0.1, -0.05) is 11.6 Å². The van der Waals surface area contributed by atoms with Gasteiger partial charge in [0.2, 0.25) is 0 Å². The van der Waals surface area contributed by atoms with Crippen LogP contribution in [0.4, 0.5) is 30.4 Å². The largest absolute Gasteiger partial charge is 0.573 e. The van der Waals surface area contributed by atoms with Crippen LogP contribution in [-0.2, 0) is 0 Å². The van der Waals surface area contributed by atoms with Gasteiger partial charge >= 0.3 is 6.36 Å². The molecular weight excluding hydrogens is 376 g/mol. The maximum atomic E-state index is 12.2. The highest BCUT2D eigenvalue weighted by molar-refractivity contribution is 9.10. The lowest BCUT2D eigenvalue weighted by atomic mass is 10.3. The Kier molecular flexibility index (Phi) is 4.43. The van der Waals surface area contributed by atoms with Crippen molar-refractivity contribution in [2.45, 2.75) is 6.36 Å². The molecule has 1 aromatic carbocycles. The number of aromatic nitrogens is 2. The molecule has 10 heteroatoms. The number of halogens is 5. The van der Waals surface area contributed by atoms with Gasteiger partial charge in [-0.05, 0) is 34.1 Å². The minimum Gasteiger partial charge on any atom is -0.405 e. The summed E-state index contributed by atoms with van der Waals surface area (Å²) in [5.74, 6) is -0.117. The molecule has 3 N–H and O–H groups in total. The Bertz CT molecular complexity index is 668. The van der Waals surface area contributed by atoms with Crippen molar-refractivity contribution in [2.75, 3.05) is 11.1 Å². The first-order valence-electron chi connectivity index (χ1n) is 5.34. The summed E-state index contributed by atoms with van der Waals surface area (Å²) < 4.78 is 40.4. The molecule has 1 heterocycles. The highest BCUT2D eigenvalue weighted by atomic mass is 79.9. The molecule has 0 saturated heterocycles. The summed E-state index contributed by atoms with van der Waals surface area (Å²) in [6.07, 6.45) is -3.56. The number of rotatable bonds is 3. The summed E-state index contributed by atoms with van der Waals surface area (Å²) in [7, 11) is 0. The minimum atomic E-state index is -4.76. The van der Waals surface area contributed by atoms with Crippen LogP contribution in [0, 0.1) is 0 Å². The van der Waals surface area contributed by atoms with E-state index in [1.165, 1.54) is 18.5 Å². The summed E-state index contributed by atoms with van der Waals surface area (Å²) in [6, 6.07) is 3.91. The van der Waals surface area contributed by atoms with Gasteiger partial charge in [0.1, 0.15) is 17.8 Å². The summed E-state index contributed by atoms with van der Waals surface area (Å²) >= 11 is 8.73. The molecule has 5 nitrogen and oxygen atoms in total. The SMILES string of the molecule is Nc1c(Cl)ncnc1Nc1ccc(OC(F)(F)F)c(Br)c1. The predicted molar refractivity (Wildman–Crippen MR) is 75.6 cm³/mol. The Morgan fingerprint density at radius 2 is 2.00 bits per heavy atom. The third kappa shape index (κ3) is 4.11. The summed E-state index contributed by atoms with van der Waals surface area (Å²) in [4.78, 5) is 7.58. The summed E-state index contributed by atoms with van der Waals surface area (Å²) in [5.41, 5.74) is 6.25. The van der Waals surface area contributed by atoms with E-state index in [4.69, 9.17) is 17.3 Å². The number of benzene rings is 1. The molecule has 0 saturated carbocycles. The lowest BCUT2D eigenvalue weighted by Crippen LogP contribution is -2.17. The molecule has 0 aliphatic heterocycles. The molecule has 112 valence electrons. The first-order valence-corrected chi connectivity index (χ1v) is 6.51. The molecule has 0 amide bonds. The van der Waals surface area contributed by atoms with Crippen LogP contribution in [0.1, 0.15) is 0 Å². The summed E-state index contributed by atoms with van der Waals surface area (Å²) in [6.45, 7) is 0. The molecule has 0 spiro atoms. The number of anilines is 3. The molecule has 0 radical (unpaired) electrons. The van der Waals surface area contributed by atoms with E-state index < -0.39 is 6.36 Å². The fraction of sp³-hybridized carbons (Fsp3) is 0.0909. The Balaban J connectivity index is 2.23. The number of nitrogens with zero attached hydrogens (tertiary/aromatic N) is 2. The van der Waals surface area contributed by atoms with E-state index in [0.717, 1.165) is 6.07 Å². The van der Waals surface area contributed by atoms with E-state index in [1.54, 1.807) is 0 Å². The lowest BCUT2D eigenvalue weighted by Gasteiger charge is -2.13. The second-order valence-electron chi connectivity index (χ2n) is 3.74. The van der Waals surface area contributed by atoms with E-state index in [1.807, 2.05) is 0 Å². The zero-order chi connectivity index (χ0) is 15.6. The number of nitrogen functional groups attached to an aromatic ring is 1. The van der Waals surface area contributed by atoms with Gasteiger partial charge in [0.25, 0.3) is 0 Å². The van der Waals surface area contributed by atoms with Crippen LogP contribution in [-0.4, -0.2) is 16.3 Å². The second kappa shape index (κ2) is 5.94. The summed E-state index contributed by atoms with van der Waals surface area (Å²) in [5, 5.41) is 2.89. The smallest absolute Gasteiger partial charge is 0.405 e. The van der Waals surface area contributed by atoms with Crippen LogP contribution in [0.25, 0.3) is 0 Å². The van der Waals surface area contributed by atoms with Crippen molar-refractivity contribution in [3.8, 4) is 5.75 Å². The fourth-order valence-electron chi connectivity index (χ4n) is 1.40. The highest BCUT2D eigenvalue weighted by Gasteiger charge is 2.31. The van der Waals surface area contributed by atoms with Crippen molar-refractivity contribution in [2.24, 2.45) is 0 Å². The van der Waals surface area contributed by atoms with Crippen LogP contribution in [0.15, 0.2) is 29.0 Å². The zero-order valence-corrected chi connectivity index (χ0v) is 12.4. The van der Waals surface area contributed by atoms with Gasteiger partial charge in [-0.3, -0.25) is 0 Å². The Labute approximate surface area is 130 Å². The van der Waals surface area contributed by atoms with Gasteiger partial charge in [-0.15, -0.1) is 13.2 Å². The molecule has 1 aromatic heterocycles. The Morgan fingerprint density at radius 1 is 1.29 bits per heavy atom. The number of hydrogen-bond acceptors (Lipinski definition) is 5. The van der Waals surface area contributed by atoms with Crippen molar-refractivity contribution >= 4 is 44.7 Å². The van der Waals surface area contributed by atoms with Crippen molar-refractivity contribution in [3.63, 3.8) is 0 Å². The topological polar surface area (TPSA) is 73.1 Å². The normalized spacial score (nSPS) is 11.3. The molecule has 21 heavy (non-hydrogen) atoms. The van der Waals surface area contributed by atoms with Crippen LogP contribution in [0.5, 0.6) is 5.75 Å². The van der Waals surface area contributed by atoms with Gasteiger partial charge < -0.3 is 15.8 Å². The molecule has 0 unspecified atom stereocenters. The maximum absolute atomic E-state index is 12.2. The number of ether oxygens (including phenoxy) is 1. The maximum Gasteiger partial charge on any atom is 0.573 e. The van der Waals surface area contributed by atoms with E-state index >= 15 is 0 Å². The molecule has 0 atom stereocenters. The van der Waals surface area contributed by atoms with Crippen LogP contribution < -0.4 is 15.8 Å². The quantitative estimate of drug-likeness (QED) is 0.780. The van der Waals surface area contributed by atoms with Crippen molar-refractivity contribution in [1.82, 2.24) is 9.97 Å². The minimum absolute atomic E-state index is 0.0728. The first kappa shape index (κ1) is 15.6. The molecule has 2 rings (SSSR count). The van der Waals surface area contributed by atoms with Gasteiger partial charge in [-0.25, -0.2) is 9.97 Å². The fourth-order valence-corrected chi connectivity index (χ4v) is 1.99. The number of hydrogen-bond donors (Lipinski definition) is 2. The van der Waals surface area contributed by atoms with Crippen LogP contribution in [0.3, 0.4) is 0 Å². The van der Waals surface area contributed by atoms with Crippen LogP contribution in [0.2, 0.25) is 5.15 Å². The lowest BCUT2D eigenvalue weighted by molar-refractivity contribution is -0.274. The highest BCUT2D eigenvalue weighted by Crippen LogP contribution is 2.34. The van der Waals surface area contributed by atoms with Crippen molar-refractivity contribution in [3.05, 3.63) is 34.2 Å².